The highest BCUT2D eigenvalue weighted by atomic mass is 16.5. The lowest BCUT2D eigenvalue weighted by Crippen LogP contribution is -2.44. The Labute approximate surface area is 147 Å². The van der Waals surface area contributed by atoms with Crippen LogP contribution in [0.15, 0.2) is 42.7 Å². The van der Waals surface area contributed by atoms with Gasteiger partial charge in [0.05, 0.1) is 12.1 Å². The molecule has 1 unspecified atom stereocenters. The summed E-state index contributed by atoms with van der Waals surface area (Å²) in [5.74, 6) is -0.584. The fourth-order valence-electron chi connectivity index (χ4n) is 3.09. The largest absolute Gasteiger partial charge is 0.452 e. The molecule has 0 spiro atoms. The van der Waals surface area contributed by atoms with Gasteiger partial charge in [-0.05, 0) is 49.9 Å². The highest BCUT2D eigenvalue weighted by Gasteiger charge is 2.24. The summed E-state index contributed by atoms with van der Waals surface area (Å²) in [5, 5.41) is 4.15. The molecule has 1 fully saturated rings. The number of nitrogens with zero attached hydrogens (tertiary/aromatic N) is 3. The van der Waals surface area contributed by atoms with Crippen LogP contribution in [0.3, 0.4) is 0 Å². The summed E-state index contributed by atoms with van der Waals surface area (Å²) in [4.78, 5) is 26.2. The normalized spacial score (nSPS) is 17.3. The topological polar surface area (TPSA) is 64.4 Å². The van der Waals surface area contributed by atoms with Crippen LogP contribution in [0.1, 0.15) is 42.1 Å². The van der Waals surface area contributed by atoms with Crippen LogP contribution in [-0.4, -0.2) is 45.8 Å². The van der Waals surface area contributed by atoms with Crippen molar-refractivity contribution >= 4 is 11.9 Å². The number of carbonyl (C=O) groups is 2. The van der Waals surface area contributed by atoms with Gasteiger partial charge in [0.1, 0.15) is 0 Å². The smallest absolute Gasteiger partial charge is 0.338 e. The Hall–Kier alpha value is -2.63. The van der Waals surface area contributed by atoms with Crippen LogP contribution in [0.2, 0.25) is 0 Å². The molecule has 132 valence electrons. The average Bonchev–Trinajstić information content (AvgIpc) is 3.13. The number of rotatable bonds is 5. The van der Waals surface area contributed by atoms with E-state index in [-0.39, 0.29) is 18.6 Å². The van der Waals surface area contributed by atoms with Gasteiger partial charge in [-0.1, -0.05) is 12.1 Å². The Balaban J connectivity index is 1.51. The molecule has 0 aliphatic carbocycles. The lowest BCUT2D eigenvalue weighted by atomic mass is 10.0. The van der Waals surface area contributed by atoms with E-state index in [9.17, 15) is 9.59 Å². The number of aromatic nitrogens is 2. The van der Waals surface area contributed by atoms with Crippen molar-refractivity contribution in [2.45, 2.75) is 38.8 Å². The van der Waals surface area contributed by atoms with Gasteiger partial charge >= 0.3 is 5.97 Å². The summed E-state index contributed by atoms with van der Waals surface area (Å²) < 4.78 is 7.00. The number of esters is 1. The summed E-state index contributed by atoms with van der Waals surface area (Å²) in [5.41, 5.74) is 1.49. The molecular formula is C19H23N3O3. The van der Waals surface area contributed by atoms with E-state index in [4.69, 9.17) is 4.74 Å². The average molecular weight is 341 g/mol. The van der Waals surface area contributed by atoms with E-state index < -0.39 is 5.97 Å². The second-order valence-electron chi connectivity index (χ2n) is 6.41. The van der Waals surface area contributed by atoms with E-state index in [1.807, 2.05) is 40.9 Å². The maximum absolute atomic E-state index is 12.2. The molecular weight excluding hydrogens is 318 g/mol. The summed E-state index contributed by atoms with van der Waals surface area (Å²) in [6.07, 6.45) is 6.79. The first-order valence-corrected chi connectivity index (χ1v) is 8.66. The van der Waals surface area contributed by atoms with Gasteiger partial charge in [-0.3, -0.25) is 9.48 Å². The molecule has 1 aromatic carbocycles. The monoisotopic (exact) mass is 341 g/mol. The van der Waals surface area contributed by atoms with Gasteiger partial charge < -0.3 is 9.64 Å². The molecule has 1 atom stereocenters. The van der Waals surface area contributed by atoms with E-state index in [2.05, 4.69) is 5.10 Å². The lowest BCUT2D eigenvalue weighted by molar-refractivity contribution is -0.137. The SMILES string of the molecule is CC1CCCCN1C(=O)COC(=O)c1ccc(Cn2cccn2)cc1. The van der Waals surface area contributed by atoms with Crippen molar-refractivity contribution < 1.29 is 14.3 Å². The molecule has 6 nitrogen and oxygen atoms in total. The van der Waals surface area contributed by atoms with E-state index in [1.54, 1.807) is 18.3 Å². The van der Waals surface area contributed by atoms with E-state index in [1.165, 1.54) is 0 Å². The number of likely N-dealkylation sites (tertiary alicyclic amines) is 1. The standard InChI is InChI=1S/C19H23N3O3/c1-15-5-2-3-12-22(15)18(23)14-25-19(24)17-8-6-16(7-9-17)13-21-11-4-10-20-21/h4,6-11,15H,2-3,5,12-14H2,1H3. The summed E-state index contributed by atoms with van der Waals surface area (Å²) in [6.45, 7) is 3.24. The molecule has 0 radical (unpaired) electrons. The fraction of sp³-hybridized carbons (Fsp3) is 0.421. The molecule has 2 heterocycles. The van der Waals surface area contributed by atoms with E-state index in [0.29, 0.717) is 12.1 Å². The first kappa shape index (κ1) is 17.2. The third kappa shape index (κ3) is 4.47. The number of amides is 1. The molecule has 3 rings (SSSR count). The molecule has 1 saturated heterocycles. The van der Waals surface area contributed by atoms with Crippen LogP contribution in [0.25, 0.3) is 0 Å². The van der Waals surface area contributed by atoms with Gasteiger partial charge in [-0.25, -0.2) is 4.79 Å². The quantitative estimate of drug-likeness (QED) is 0.784. The van der Waals surface area contributed by atoms with Gasteiger partial charge in [-0.15, -0.1) is 0 Å². The molecule has 1 aliphatic rings. The van der Waals surface area contributed by atoms with Crippen molar-refractivity contribution in [1.82, 2.24) is 14.7 Å². The Morgan fingerprint density at radius 2 is 2.04 bits per heavy atom. The maximum atomic E-state index is 12.2. The summed E-state index contributed by atoms with van der Waals surface area (Å²) in [7, 11) is 0. The molecule has 6 heteroatoms. The zero-order chi connectivity index (χ0) is 17.6. The van der Waals surface area contributed by atoms with Crippen molar-refractivity contribution in [3.05, 3.63) is 53.9 Å². The maximum Gasteiger partial charge on any atom is 0.338 e. The van der Waals surface area contributed by atoms with Gasteiger partial charge in [0.25, 0.3) is 5.91 Å². The van der Waals surface area contributed by atoms with Gasteiger partial charge in [-0.2, -0.15) is 5.10 Å². The van der Waals surface area contributed by atoms with Crippen molar-refractivity contribution in [2.75, 3.05) is 13.2 Å². The minimum atomic E-state index is -0.469. The summed E-state index contributed by atoms with van der Waals surface area (Å²) >= 11 is 0. The number of carbonyl (C=O) groups excluding carboxylic acids is 2. The Morgan fingerprint density at radius 1 is 1.24 bits per heavy atom. The van der Waals surface area contributed by atoms with E-state index in [0.717, 1.165) is 31.4 Å². The highest BCUT2D eigenvalue weighted by Crippen LogP contribution is 2.16. The first-order valence-electron chi connectivity index (χ1n) is 8.66. The van der Waals surface area contributed by atoms with Crippen molar-refractivity contribution in [3.8, 4) is 0 Å². The number of benzene rings is 1. The van der Waals surface area contributed by atoms with Gasteiger partial charge in [0.2, 0.25) is 0 Å². The Kier molecular flexibility index (Phi) is 5.48. The van der Waals surface area contributed by atoms with Crippen LogP contribution in [-0.2, 0) is 16.1 Å². The van der Waals surface area contributed by atoms with Crippen molar-refractivity contribution in [2.24, 2.45) is 0 Å². The second kappa shape index (κ2) is 7.96. The van der Waals surface area contributed by atoms with Crippen LogP contribution in [0, 0.1) is 0 Å². The number of ether oxygens (including phenoxy) is 1. The van der Waals surface area contributed by atoms with E-state index >= 15 is 0 Å². The molecule has 0 bridgehead atoms. The Morgan fingerprint density at radius 3 is 2.72 bits per heavy atom. The molecule has 1 amide bonds. The minimum absolute atomic E-state index is 0.115. The molecule has 0 N–H and O–H groups in total. The molecule has 1 aliphatic heterocycles. The van der Waals surface area contributed by atoms with Crippen molar-refractivity contribution in [3.63, 3.8) is 0 Å². The van der Waals surface area contributed by atoms with Crippen LogP contribution >= 0.6 is 0 Å². The second-order valence-corrected chi connectivity index (χ2v) is 6.41. The predicted molar refractivity (Wildman–Crippen MR) is 93.1 cm³/mol. The molecule has 0 saturated carbocycles. The lowest BCUT2D eigenvalue weighted by Gasteiger charge is -2.33. The molecule has 25 heavy (non-hydrogen) atoms. The third-order valence-electron chi connectivity index (χ3n) is 4.54. The van der Waals surface area contributed by atoms with Crippen molar-refractivity contribution in [1.29, 1.82) is 0 Å². The molecule has 2 aromatic rings. The number of hydrogen-bond donors (Lipinski definition) is 0. The third-order valence-corrected chi connectivity index (χ3v) is 4.54. The zero-order valence-electron chi connectivity index (χ0n) is 14.4. The Bertz CT molecular complexity index is 710. The molecule has 1 aromatic heterocycles. The van der Waals surface area contributed by atoms with Gasteiger partial charge in [0.15, 0.2) is 6.61 Å². The fourth-order valence-corrected chi connectivity index (χ4v) is 3.09. The number of piperidine rings is 1. The van der Waals surface area contributed by atoms with Gasteiger partial charge in [0, 0.05) is 25.0 Å². The first-order chi connectivity index (χ1) is 12.1. The predicted octanol–water partition coefficient (Wildman–Crippen LogP) is 2.49. The van der Waals surface area contributed by atoms with Crippen LogP contribution < -0.4 is 0 Å². The minimum Gasteiger partial charge on any atom is -0.452 e. The zero-order valence-corrected chi connectivity index (χ0v) is 14.4. The van der Waals surface area contributed by atoms with Crippen LogP contribution in [0.5, 0.6) is 0 Å². The van der Waals surface area contributed by atoms with Crippen LogP contribution in [0.4, 0.5) is 0 Å². The number of hydrogen-bond acceptors (Lipinski definition) is 4. The highest BCUT2D eigenvalue weighted by molar-refractivity contribution is 5.91. The summed E-state index contributed by atoms with van der Waals surface area (Å²) in [6, 6.07) is 9.26.